The number of aromatic nitrogens is 1. The van der Waals surface area contributed by atoms with Gasteiger partial charge in [0.1, 0.15) is 16.3 Å². The maximum atomic E-state index is 12.6. The van der Waals surface area contributed by atoms with E-state index in [9.17, 15) is 8.42 Å². The maximum Gasteiger partial charge on any atom is 0.248 e. The molecule has 2 rings (SSSR count). The lowest BCUT2D eigenvalue weighted by Gasteiger charge is -2.17. The number of benzene rings is 1. The number of sulfonamides is 1. The summed E-state index contributed by atoms with van der Waals surface area (Å²) < 4.78 is 36.5. The third-order valence-electron chi connectivity index (χ3n) is 3.51. The third kappa shape index (κ3) is 3.31. The molecule has 0 N–H and O–H groups in total. The molecule has 0 saturated carbocycles. The van der Waals surface area contributed by atoms with Crippen LogP contribution >= 0.6 is 0 Å². The van der Waals surface area contributed by atoms with Gasteiger partial charge in [-0.25, -0.2) is 12.7 Å². The first-order valence-corrected chi connectivity index (χ1v) is 8.32. The van der Waals surface area contributed by atoms with E-state index in [0.29, 0.717) is 24.4 Å². The van der Waals surface area contributed by atoms with Crippen LogP contribution in [0.15, 0.2) is 33.7 Å². The highest BCUT2D eigenvalue weighted by Crippen LogP contribution is 2.22. The first-order chi connectivity index (χ1) is 10.4. The number of rotatable bonds is 6. The van der Waals surface area contributed by atoms with Gasteiger partial charge in [-0.2, -0.15) is 0 Å². The summed E-state index contributed by atoms with van der Waals surface area (Å²) >= 11 is 0. The Hall–Kier alpha value is -1.86. The normalized spacial score (nSPS) is 11.9. The van der Waals surface area contributed by atoms with Gasteiger partial charge in [-0.3, -0.25) is 0 Å². The number of nitrogens with zero attached hydrogens (tertiary/aromatic N) is 2. The molecular weight excluding hydrogens is 304 g/mol. The van der Waals surface area contributed by atoms with Gasteiger partial charge in [0.25, 0.3) is 0 Å². The maximum absolute atomic E-state index is 12.6. The number of hydrogen-bond donors (Lipinski definition) is 0. The molecule has 0 amide bonds. The van der Waals surface area contributed by atoms with Crippen molar-refractivity contribution in [3.8, 4) is 5.75 Å². The van der Waals surface area contributed by atoms with E-state index in [-0.39, 0.29) is 4.90 Å². The Morgan fingerprint density at radius 3 is 2.36 bits per heavy atom. The molecule has 7 heteroatoms. The number of methoxy groups -OCH3 is 1. The van der Waals surface area contributed by atoms with Crippen molar-refractivity contribution in [1.82, 2.24) is 9.46 Å². The largest absolute Gasteiger partial charge is 0.497 e. The lowest BCUT2D eigenvalue weighted by Crippen LogP contribution is -2.29. The number of likely N-dealkylation sites (N-methyl/N-ethyl adjacent to an activating group) is 1. The van der Waals surface area contributed by atoms with Crippen LogP contribution in [0.25, 0.3) is 0 Å². The van der Waals surface area contributed by atoms with Gasteiger partial charge in [-0.1, -0.05) is 17.3 Å². The summed E-state index contributed by atoms with van der Waals surface area (Å²) in [6.07, 6.45) is 0.614. The Balaban J connectivity index is 2.09. The van der Waals surface area contributed by atoms with E-state index in [4.69, 9.17) is 9.26 Å². The van der Waals surface area contributed by atoms with E-state index in [0.717, 1.165) is 11.3 Å². The summed E-state index contributed by atoms with van der Waals surface area (Å²) in [6.45, 7) is 3.60. The molecule has 0 atom stereocenters. The number of hydrogen-bond acceptors (Lipinski definition) is 5. The van der Waals surface area contributed by atoms with Crippen LogP contribution in [0.5, 0.6) is 5.75 Å². The summed E-state index contributed by atoms with van der Waals surface area (Å²) in [5.74, 6) is 1.09. The Bertz CT molecular complexity index is 716. The van der Waals surface area contributed by atoms with Crippen molar-refractivity contribution < 1.29 is 17.7 Å². The van der Waals surface area contributed by atoms with Gasteiger partial charge in [-0.05, 0) is 38.0 Å². The van der Waals surface area contributed by atoms with Crippen molar-refractivity contribution in [2.45, 2.75) is 25.2 Å². The molecule has 0 aliphatic carbocycles. The molecule has 22 heavy (non-hydrogen) atoms. The second-order valence-electron chi connectivity index (χ2n) is 5.08. The van der Waals surface area contributed by atoms with Crippen molar-refractivity contribution in [3.05, 3.63) is 41.3 Å². The zero-order valence-corrected chi connectivity index (χ0v) is 14.0. The smallest absolute Gasteiger partial charge is 0.248 e. The standard InChI is InChI=1S/C15H20N2O4S/c1-11-15(12(2)21-16-11)22(18,19)17(3)10-9-13-5-7-14(20-4)8-6-13/h5-8H,9-10H2,1-4H3. The van der Waals surface area contributed by atoms with E-state index in [1.807, 2.05) is 24.3 Å². The van der Waals surface area contributed by atoms with Crippen LogP contribution in [0.3, 0.4) is 0 Å². The molecule has 1 aromatic carbocycles. The molecule has 0 radical (unpaired) electrons. The predicted octanol–water partition coefficient (Wildman–Crippen LogP) is 2.16. The zero-order valence-electron chi connectivity index (χ0n) is 13.2. The summed E-state index contributed by atoms with van der Waals surface area (Å²) in [7, 11) is -0.417. The van der Waals surface area contributed by atoms with Crippen molar-refractivity contribution in [2.24, 2.45) is 0 Å². The fourth-order valence-electron chi connectivity index (χ4n) is 2.20. The highest BCUT2D eigenvalue weighted by atomic mass is 32.2. The Morgan fingerprint density at radius 1 is 1.23 bits per heavy atom. The molecule has 0 saturated heterocycles. The van der Waals surface area contributed by atoms with Crippen LogP contribution < -0.4 is 4.74 Å². The fourth-order valence-corrected chi connectivity index (χ4v) is 3.65. The highest BCUT2D eigenvalue weighted by Gasteiger charge is 2.28. The molecular formula is C15H20N2O4S. The second kappa shape index (κ2) is 6.50. The Morgan fingerprint density at radius 2 is 1.86 bits per heavy atom. The Kier molecular flexibility index (Phi) is 4.87. The third-order valence-corrected chi connectivity index (χ3v) is 5.61. The van der Waals surface area contributed by atoms with Crippen LogP contribution in [-0.2, 0) is 16.4 Å². The van der Waals surface area contributed by atoms with Crippen molar-refractivity contribution >= 4 is 10.0 Å². The molecule has 0 bridgehead atoms. The van der Waals surface area contributed by atoms with Gasteiger partial charge < -0.3 is 9.26 Å². The zero-order chi connectivity index (χ0) is 16.3. The van der Waals surface area contributed by atoms with Crippen molar-refractivity contribution in [2.75, 3.05) is 20.7 Å². The van der Waals surface area contributed by atoms with E-state index in [1.54, 1.807) is 28.0 Å². The quantitative estimate of drug-likeness (QED) is 0.814. The van der Waals surface area contributed by atoms with Crippen molar-refractivity contribution in [1.29, 1.82) is 0 Å². The van der Waals surface area contributed by atoms with Crippen LogP contribution in [0.4, 0.5) is 0 Å². The highest BCUT2D eigenvalue weighted by molar-refractivity contribution is 7.89. The van der Waals surface area contributed by atoms with Gasteiger partial charge in [-0.15, -0.1) is 0 Å². The fraction of sp³-hybridized carbons (Fsp3) is 0.400. The topological polar surface area (TPSA) is 72.6 Å². The van der Waals surface area contributed by atoms with Gasteiger partial charge in [0, 0.05) is 13.6 Å². The van der Waals surface area contributed by atoms with Crippen molar-refractivity contribution in [3.63, 3.8) is 0 Å². The molecule has 0 fully saturated rings. The molecule has 2 aromatic rings. The summed E-state index contributed by atoms with van der Waals surface area (Å²) in [6, 6.07) is 7.57. The van der Waals surface area contributed by atoms with Gasteiger partial charge in [0.05, 0.1) is 7.11 Å². The van der Waals surface area contributed by atoms with E-state index in [2.05, 4.69) is 5.16 Å². The van der Waals surface area contributed by atoms with Crippen LogP contribution in [0.1, 0.15) is 17.0 Å². The SMILES string of the molecule is COc1ccc(CCN(C)S(=O)(=O)c2c(C)noc2C)cc1. The van der Waals surface area contributed by atoms with Gasteiger partial charge >= 0.3 is 0 Å². The van der Waals surface area contributed by atoms with E-state index in [1.165, 1.54) is 4.31 Å². The van der Waals surface area contributed by atoms with Gasteiger partial charge in [0.2, 0.25) is 10.0 Å². The summed E-state index contributed by atoms with van der Waals surface area (Å²) in [5.41, 5.74) is 1.43. The van der Waals surface area contributed by atoms with Gasteiger partial charge in [0.15, 0.2) is 5.76 Å². The molecule has 120 valence electrons. The van der Waals surface area contributed by atoms with Crippen LogP contribution in [0.2, 0.25) is 0 Å². The number of ether oxygens (including phenoxy) is 1. The summed E-state index contributed by atoms with van der Waals surface area (Å²) in [4.78, 5) is 0.157. The minimum atomic E-state index is -3.59. The predicted molar refractivity (Wildman–Crippen MR) is 82.5 cm³/mol. The molecule has 1 heterocycles. The lowest BCUT2D eigenvalue weighted by molar-refractivity contribution is 0.390. The van der Waals surface area contributed by atoms with E-state index >= 15 is 0 Å². The minimum absolute atomic E-state index is 0.157. The molecule has 6 nitrogen and oxygen atoms in total. The molecule has 0 aliphatic heterocycles. The van der Waals surface area contributed by atoms with E-state index < -0.39 is 10.0 Å². The first kappa shape index (κ1) is 16.5. The average molecular weight is 324 g/mol. The second-order valence-corrected chi connectivity index (χ2v) is 7.06. The lowest BCUT2D eigenvalue weighted by atomic mass is 10.1. The molecule has 0 spiro atoms. The molecule has 0 aliphatic rings. The minimum Gasteiger partial charge on any atom is -0.497 e. The molecule has 0 unspecified atom stereocenters. The first-order valence-electron chi connectivity index (χ1n) is 6.88. The van der Waals surface area contributed by atoms with Crippen LogP contribution in [-0.4, -0.2) is 38.6 Å². The van der Waals surface area contributed by atoms with Crippen LogP contribution in [0, 0.1) is 13.8 Å². The Labute approximate surface area is 130 Å². The summed E-state index contributed by atoms with van der Waals surface area (Å²) in [5, 5.41) is 3.71. The number of aryl methyl sites for hydroxylation is 2. The average Bonchev–Trinajstić information content (AvgIpc) is 2.84. The monoisotopic (exact) mass is 324 g/mol. The molecule has 1 aromatic heterocycles.